The zero-order valence-corrected chi connectivity index (χ0v) is 26.6. The molecule has 0 aliphatic carbocycles. The number of halogens is 1. The minimum Gasteiger partial charge on any atom is -0.494 e. The van der Waals surface area contributed by atoms with Gasteiger partial charge in [-0.15, -0.1) is 0 Å². The van der Waals surface area contributed by atoms with Crippen LogP contribution in [0.25, 0.3) is 0 Å². The van der Waals surface area contributed by atoms with Crippen molar-refractivity contribution in [2.45, 2.75) is 19.3 Å². The molecule has 2 aromatic carbocycles. The average molecular weight is 641 g/mol. The molecule has 0 saturated carbocycles. The summed E-state index contributed by atoms with van der Waals surface area (Å²) in [5, 5.41) is 9.53. The summed E-state index contributed by atoms with van der Waals surface area (Å²) in [6, 6.07) is 9.16. The van der Waals surface area contributed by atoms with Gasteiger partial charge in [-0.25, -0.2) is 13.4 Å². The first kappa shape index (κ1) is 31.4. The zero-order chi connectivity index (χ0) is 31.4. The van der Waals surface area contributed by atoms with Crippen LogP contribution in [0.1, 0.15) is 18.4 Å². The van der Waals surface area contributed by atoms with Crippen molar-refractivity contribution in [3.63, 3.8) is 0 Å². The van der Waals surface area contributed by atoms with Crippen LogP contribution in [0.5, 0.6) is 5.75 Å². The molecule has 234 valence electrons. The number of rotatable bonds is 12. The SMILES string of the molecule is C=CC(=O)Nc1cc(Nc2ncc(Cl)c(Nc3cccc4c3N(S(C)(=O)=O)CC4)n2)c(OC)cc1N(C)CCN1CCCC1. The van der Waals surface area contributed by atoms with Gasteiger partial charge in [0.2, 0.25) is 21.9 Å². The van der Waals surface area contributed by atoms with Crippen molar-refractivity contribution in [2.24, 2.45) is 0 Å². The number of fused-ring (bicyclic) bond motifs is 1. The molecule has 0 spiro atoms. The fourth-order valence-corrected chi connectivity index (χ4v) is 6.58. The number of likely N-dealkylation sites (N-methyl/N-ethyl adjacent to an activating group) is 1. The maximum Gasteiger partial charge on any atom is 0.247 e. The van der Waals surface area contributed by atoms with Crippen LogP contribution in [0.3, 0.4) is 0 Å². The third-order valence-electron chi connectivity index (χ3n) is 7.72. The number of para-hydroxylation sites is 1. The van der Waals surface area contributed by atoms with Crippen LogP contribution in [0.4, 0.5) is 40.2 Å². The molecule has 3 aromatic rings. The normalized spacial score (nSPS) is 14.7. The van der Waals surface area contributed by atoms with Gasteiger partial charge in [-0.05, 0) is 56.1 Å². The van der Waals surface area contributed by atoms with Crippen LogP contribution in [0, 0.1) is 0 Å². The molecule has 0 radical (unpaired) electrons. The van der Waals surface area contributed by atoms with Gasteiger partial charge >= 0.3 is 0 Å². The summed E-state index contributed by atoms with van der Waals surface area (Å²) < 4.78 is 32.0. The van der Waals surface area contributed by atoms with Crippen molar-refractivity contribution in [3.05, 3.63) is 59.8 Å². The Morgan fingerprint density at radius 3 is 2.64 bits per heavy atom. The maximum absolute atomic E-state index is 12.4. The summed E-state index contributed by atoms with van der Waals surface area (Å²) in [6.07, 6.45) is 6.90. The van der Waals surface area contributed by atoms with E-state index in [2.05, 4.69) is 42.3 Å². The van der Waals surface area contributed by atoms with Gasteiger partial charge < -0.3 is 30.5 Å². The second-order valence-corrected chi connectivity index (χ2v) is 13.1. The number of methoxy groups -OCH3 is 1. The fourth-order valence-electron chi connectivity index (χ4n) is 5.47. The number of hydrogen-bond acceptors (Lipinski definition) is 10. The predicted molar refractivity (Wildman–Crippen MR) is 177 cm³/mol. The third kappa shape index (κ3) is 7.01. The molecule has 0 atom stereocenters. The number of nitrogens with one attached hydrogen (secondary N) is 3. The highest BCUT2D eigenvalue weighted by atomic mass is 35.5. The van der Waals surface area contributed by atoms with Crippen LogP contribution in [-0.2, 0) is 21.2 Å². The zero-order valence-electron chi connectivity index (χ0n) is 25.1. The van der Waals surface area contributed by atoms with Gasteiger partial charge in [0, 0.05) is 32.7 Å². The number of amides is 1. The van der Waals surface area contributed by atoms with Crippen LogP contribution < -0.4 is 29.9 Å². The molecule has 0 bridgehead atoms. The Morgan fingerprint density at radius 2 is 1.93 bits per heavy atom. The molecular formula is C30H37ClN8O4S. The lowest BCUT2D eigenvalue weighted by molar-refractivity contribution is -0.111. The summed E-state index contributed by atoms with van der Waals surface area (Å²) in [5.41, 5.74) is 3.91. The first-order valence-electron chi connectivity index (χ1n) is 14.3. The number of benzene rings is 2. The Morgan fingerprint density at radius 1 is 1.16 bits per heavy atom. The first-order chi connectivity index (χ1) is 21.1. The van der Waals surface area contributed by atoms with Crippen molar-refractivity contribution in [3.8, 4) is 5.75 Å². The van der Waals surface area contributed by atoms with Crippen LogP contribution in [0.15, 0.2) is 49.2 Å². The minimum atomic E-state index is -3.47. The molecule has 1 saturated heterocycles. The Hall–Kier alpha value is -4.07. The van der Waals surface area contributed by atoms with Gasteiger partial charge in [-0.3, -0.25) is 9.10 Å². The number of nitrogens with zero attached hydrogens (tertiary/aromatic N) is 5. The summed E-state index contributed by atoms with van der Waals surface area (Å²) >= 11 is 6.48. The number of carbonyl (C=O) groups excluding carboxylic acids is 1. The van der Waals surface area contributed by atoms with E-state index in [0.717, 1.165) is 37.4 Å². The summed E-state index contributed by atoms with van der Waals surface area (Å²) in [7, 11) is 0.0736. The highest BCUT2D eigenvalue weighted by Crippen LogP contribution is 2.40. The largest absolute Gasteiger partial charge is 0.494 e. The number of hydrogen-bond donors (Lipinski definition) is 3. The van der Waals surface area contributed by atoms with E-state index in [0.29, 0.717) is 41.5 Å². The summed E-state index contributed by atoms with van der Waals surface area (Å²) in [6.45, 7) is 7.83. The van der Waals surface area contributed by atoms with E-state index in [1.807, 2.05) is 25.2 Å². The van der Waals surface area contributed by atoms with Crippen LogP contribution in [0.2, 0.25) is 5.02 Å². The fraction of sp³-hybridized carbons (Fsp3) is 0.367. The molecule has 1 aromatic heterocycles. The highest BCUT2D eigenvalue weighted by molar-refractivity contribution is 7.92. The van der Waals surface area contributed by atoms with Gasteiger partial charge in [0.15, 0.2) is 5.82 Å². The molecule has 0 unspecified atom stereocenters. The van der Waals surface area contributed by atoms with Gasteiger partial charge in [0.1, 0.15) is 10.8 Å². The first-order valence-corrected chi connectivity index (χ1v) is 16.5. The number of aromatic nitrogens is 2. The van der Waals surface area contributed by atoms with Crippen LogP contribution in [-0.4, -0.2) is 82.3 Å². The minimum absolute atomic E-state index is 0.207. The lowest BCUT2D eigenvalue weighted by Crippen LogP contribution is -2.32. The number of ether oxygens (including phenoxy) is 1. The van der Waals surface area contributed by atoms with E-state index < -0.39 is 10.0 Å². The number of likely N-dealkylation sites (tertiary alicyclic amines) is 1. The number of sulfonamides is 1. The van der Waals surface area contributed by atoms with E-state index in [4.69, 9.17) is 16.3 Å². The Bertz CT molecular complexity index is 1660. The smallest absolute Gasteiger partial charge is 0.247 e. The van der Waals surface area contributed by atoms with E-state index in [1.54, 1.807) is 19.2 Å². The Balaban J connectivity index is 1.43. The highest BCUT2D eigenvalue weighted by Gasteiger charge is 2.29. The van der Waals surface area contributed by atoms with E-state index in [-0.39, 0.29) is 22.7 Å². The molecule has 44 heavy (non-hydrogen) atoms. The topological polar surface area (TPSA) is 132 Å². The second-order valence-electron chi connectivity index (χ2n) is 10.8. The standard InChI is InChI=1S/C30H37ClN8O4S/c1-5-27(40)33-23-17-24(26(43-3)18-25(23)37(2)15-16-38-12-6-7-13-38)35-30-32-19-21(31)29(36-30)34-22-10-8-9-20-11-14-39(28(20)22)44(4,41)42/h5,8-10,17-19H,1,6-7,11-16H2,2-4H3,(H,33,40)(H2,32,34,35,36). The summed E-state index contributed by atoms with van der Waals surface area (Å²) in [5.74, 6) is 0.666. The Kier molecular flexibility index (Phi) is 9.47. The monoisotopic (exact) mass is 640 g/mol. The Labute approximate surface area is 263 Å². The molecule has 12 nitrogen and oxygen atoms in total. The number of anilines is 7. The van der Waals surface area contributed by atoms with Gasteiger partial charge in [0.25, 0.3) is 0 Å². The third-order valence-corrected chi connectivity index (χ3v) is 9.16. The summed E-state index contributed by atoms with van der Waals surface area (Å²) in [4.78, 5) is 25.8. The molecule has 5 rings (SSSR count). The van der Waals surface area contributed by atoms with Crippen molar-refractivity contribution < 1.29 is 17.9 Å². The molecule has 14 heteroatoms. The molecule has 1 amide bonds. The molecule has 3 heterocycles. The lowest BCUT2D eigenvalue weighted by Gasteiger charge is -2.26. The quantitative estimate of drug-likeness (QED) is 0.241. The molecule has 3 N–H and O–H groups in total. The molecular weight excluding hydrogens is 604 g/mol. The molecule has 2 aliphatic rings. The average Bonchev–Trinajstić information content (AvgIpc) is 3.68. The lowest BCUT2D eigenvalue weighted by atomic mass is 10.1. The van der Waals surface area contributed by atoms with Crippen LogP contribution >= 0.6 is 11.6 Å². The van der Waals surface area contributed by atoms with Crippen molar-refractivity contribution in [2.75, 3.05) is 78.3 Å². The van der Waals surface area contributed by atoms with Gasteiger partial charge in [-0.1, -0.05) is 30.3 Å². The van der Waals surface area contributed by atoms with E-state index >= 15 is 0 Å². The molecule has 2 aliphatic heterocycles. The second kappa shape index (κ2) is 13.3. The number of carbonyl (C=O) groups is 1. The van der Waals surface area contributed by atoms with E-state index in [9.17, 15) is 13.2 Å². The predicted octanol–water partition coefficient (Wildman–Crippen LogP) is 4.60. The van der Waals surface area contributed by atoms with Crippen molar-refractivity contribution in [1.29, 1.82) is 0 Å². The van der Waals surface area contributed by atoms with Gasteiger partial charge in [-0.2, -0.15) is 4.98 Å². The van der Waals surface area contributed by atoms with Crippen molar-refractivity contribution >= 4 is 67.7 Å². The van der Waals surface area contributed by atoms with Gasteiger partial charge in [0.05, 0.1) is 48.0 Å². The maximum atomic E-state index is 12.4. The van der Waals surface area contributed by atoms with Crippen molar-refractivity contribution in [1.82, 2.24) is 14.9 Å². The van der Waals surface area contributed by atoms with E-state index in [1.165, 1.54) is 35.7 Å². The molecule has 1 fully saturated rings.